The Bertz CT molecular complexity index is 1060. The molecule has 7 nitrogen and oxygen atoms in total. The summed E-state index contributed by atoms with van der Waals surface area (Å²) in [7, 11) is -3.53. The molecule has 3 aromatic rings. The van der Waals surface area contributed by atoms with Crippen molar-refractivity contribution in [3.05, 3.63) is 53.1 Å². The Morgan fingerprint density at radius 2 is 2.00 bits per heavy atom. The maximum atomic E-state index is 12.8. The molecule has 1 aliphatic rings. The van der Waals surface area contributed by atoms with Crippen molar-refractivity contribution in [3.63, 3.8) is 0 Å². The van der Waals surface area contributed by atoms with Gasteiger partial charge in [0.15, 0.2) is 0 Å². The molecule has 1 aliphatic heterocycles. The zero-order valence-corrected chi connectivity index (χ0v) is 16.1. The van der Waals surface area contributed by atoms with Crippen LogP contribution >= 0.6 is 11.6 Å². The first-order valence-electron chi connectivity index (χ1n) is 8.58. The SMILES string of the molecule is O=S(=O)(c1ccc2nc(NCc3cccc(Cl)c3)[nH]c2c1)N1CCOCC1. The van der Waals surface area contributed by atoms with Crippen LogP contribution in [0.1, 0.15) is 5.56 Å². The summed E-state index contributed by atoms with van der Waals surface area (Å²) in [6, 6.07) is 12.5. The molecule has 1 saturated heterocycles. The molecule has 2 N–H and O–H groups in total. The monoisotopic (exact) mass is 406 g/mol. The van der Waals surface area contributed by atoms with E-state index in [4.69, 9.17) is 16.3 Å². The summed E-state index contributed by atoms with van der Waals surface area (Å²) in [5.74, 6) is 0.575. The van der Waals surface area contributed by atoms with Gasteiger partial charge in [0.05, 0.1) is 29.1 Å². The van der Waals surface area contributed by atoms with Crippen molar-refractivity contribution < 1.29 is 13.2 Å². The van der Waals surface area contributed by atoms with E-state index in [9.17, 15) is 8.42 Å². The Morgan fingerprint density at radius 3 is 2.78 bits per heavy atom. The minimum Gasteiger partial charge on any atom is -0.379 e. The lowest BCUT2D eigenvalue weighted by Gasteiger charge is -2.25. The molecule has 142 valence electrons. The number of benzene rings is 2. The lowest BCUT2D eigenvalue weighted by Crippen LogP contribution is -2.40. The van der Waals surface area contributed by atoms with Crippen molar-refractivity contribution in [2.75, 3.05) is 31.6 Å². The second kappa shape index (κ2) is 7.47. The van der Waals surface area contributed by atoms with Gasteiger partial charge in [0, 0.05) is 24.7 Å². The Labute approximate surface area is 162 Å². The number of hydrogen-bond donors (Lipinski definition) is 2. The number of ether oxygens (including phenoxy) is 1. The van der Waals surface area contributed by atoms with Gasteiger partial charge in [-0.3, -0.25) is 0 Å². The van der Waals surface area contributed by atoms with Crippen LogP contribution in [0.4, 0.5) is 5.95 Å². The molecule has 0 aliphatic carbocycles. The van der Waals surface area contributed by atoms with Crippen LogP contribution in [0, 0.1) is 0 Å². The van der Waals surface area contributed by atoms with Gasteiger partial charge < -0.3 is 15.0 Å². The van der Waals surface area contributed by atoms with Crippen molar-refractivity contribution in [1.82, 2.24) is 14.3 Å². The number of morpholine rings is 1. The highest BCUT2D eigenvalue weighted by atomic mass is 35.5. The molecule has 1 fully saturated rings. The number of H-pyrrole nitrogens is 1. The minimum atomic E-state index is -3.53. The molecule has 0 amide bonds. The normalized spacial score (nSPS) is 15.9. The summed E-state index contributed by atoms with van der Waals surface area (Å²) >= 11 is 6.00. The Balaban J connectivity index is 1.54. The lowest BCUT2D eigenvalue weighted by molar-refractivity contribution is 0.0730. The predicted octanol–water partition coefficient (Wildman–Crippen LogP) is 2.85. The van der Waals surface area contributed by atoms with Crippen LogP contribution in [-0.4, -0.2) is 49.0 Å². The fourth-order valence-electron chi connectivity index (χ4n) is 3.00. The molecule has 2 heterocycles. The number of aromatic nitrogens is 2. The van der Waals surface area contributed by atoms with E-state index in [1.54, 1.807) is 18.2 Å². The fourth-order valence-corrected chi connectivity index (χ4v) is 4.65. The van der Waals surface area contributed by atoms with E-state index in [1.807, 2.05) is 24.3 Å². The smallest absolute Gasteiger partial charge is 0.243 e. The quantitative estimate of drug-likeness (QED) is 0.680. The van der Waals surface area contributed by atoms with Gasteiger partial charge >= 0.3 is 0 Å². The number of anilines is 1. The van der Waals surface area contributed by atoms with Crippen LogP contribution in [0.5, 0.6) is 0 Å². The van der Waals surface area contributed by atoms with E-state index in [0.29, 0.717) is 54.9 Å². The largest absolute Gasteiger partial charge is 0.379 e. The maximum absolute atomic E-state index is 12.8. The molecule has 1 aromatic heterocycles. The molecule has 27 heavy (non-hydrogen) atoms. The van der Waals surface area contributed by atoms with Gasteiger partial charge in [-0.15, -0.1) is 0 Å². The van der Waals surface area contributed by atoms with Gasteiger partial charge in [-0.2, -0.15) is 4.31 Å². The molecule has 0 spiro atoms. The van der Waals surface area contributed by atoms with E-state index in [1.165, 1.54) is 4.31 Å². The molecule has 9 heteroatoms. The molecule has 2 aromatic carbocycles. The predicted molar refractivity (Wildman–Crippen MR) is 104 cm³/mol. The highest BCUT2D eigenvalue weighted by Gasteiger charge is 2.26. The first-order valence-corrected chi connectivity index (χ1v) is 10.4. The third-order valence-electron chi connectivity index (χ3n) is 4.41. The summed E-state index contributed by atoms with van der Waals surface area (Å²) in [5.41, 5.74) is 2.39. The third kappa shape index (κ3) is 3.93. The third-order valence-corrected chi connectivity index (χ3v) is 6.54. The number of hydrogen-bond acceptors (Lipinski definition) is 5. The molecule has 0 bridgehead atoms. The van der Waals surface area contributed by atoms with Crippen molar-refractivity contribution in [2.45, 2.75) is 11.4 Å². The molecule has 0 radical (unpaired) electrons. The number of nitrogens with zero attached hydrogens (tertiary/aromatic N) is 2. The molecule has 0 atom stereocenters. The van der Waals surface area contributed by atoms with Gasteiger partial charge in [-0.25, -0.2) is 13.4 Å². The van der Waals surface area contributed by atoms with E-state index in [2.05, 4.69) is 15.3 Å². The summed E-state index contributed by atoms with van der Waals surface area (Å²) in [6.07, 6.45) is 0. The van der Waals surface area contributed by atoms with E-state index < -0.39 is 10.0 Å². The summed E-state index contributed by atoms with van der Waals surface area (Å²) < 4.78 is 32.3. The Morgan fingerprint density at radius 1 is 1.19 bits per heavy atom. The molecule has 0 unspecified atom stereocenters. The number of nitrogens with one attached hydrogen (secondary N) is 2. The summed E-state index contributed by atoms with van der Waals surface area (Å²) in [6.45, 7) is 2.14. The number of fused-ring (bicyclic) bond motifs is 1. The number of sulfonamides is 1. The Hall–Kier alpha value is -2.13. The average Bonchev–Trinajstić information content (AvgIpc) is 3.09. The zero-order chi connectivity index (χ0) is 18.9. The number of halogens is 1. The lowest BCUT2D eigenvalue weighted by atomic mass is 10.2. The Kier molecular flexibility index (Phi) is 5.05. The van der Waals surface area contributed by atoms with Crippen LogP contribution in [0.3, 0.4) is 0 Å². The van der Waals surface area contributed by atoms with Gasteiger partial charge in [0.1, 0.15) is 0 Å². The minimum absolute atomic E-state index is 0.252. The standard InChI is InChI=1S/C18H19ClN4O3S/c19-14-3-1-2-13(10-14)12-20-18-21-16-5-4-15(11-17(16)22-18)27(24,25)23-6-8-26-9-7-23/h1-5,10-11H,6-9,12H2,(H2,20,21,22). The van der Waals surface area contributed by atoms with Crippen LogP contribution in [0.15, 0.2) is 47.4 Å². The van der Waals surface area contributed by atoms with Crippen LogP contribution in [0.2, 0.25) is 5.02 Å². The van der Waals surface area contributed by atoms with Gasteiger partial charge in [-0.05, 0) is 35.9 Å². The van der Waals surface area contributed by atoms with E-state index in [-0.39, 0.29) is 4.90 Å². The highest BCUT2D eigenvalue weighted by molar-refractivity contribution is 7.89. The van der Waals surface area contributed by atoms with Gasteiger partial charge in [0.25, 0.3) is 0 Å². The molecule has 4 rings (SSSR count). The van der Waals surface area contributed by atoms with Gasteiger partial charge in [-0.1, -0.05) is 23.7 Å². The van der Waals surface area contributed by atoms with Crippen LogP contribution in [-0.2, 0) is 21.3 Å². The fraction of sp³-hybridized carbons (Fsp3) is 0.278. The number of aromatic amines is 1. The maximum Gasteiger partial charge on any atom is 0.243 e. The highest BCUT2D eigenvalue weighted by Crippen LogP contribution is 2.23. The van der Waals surface area contributed by atoms with Gasteiger partial charge in [0.2, 0.25) is 16.0 Å². The van der Waals surface area contributed by atoms with Crippen LogP contribution in [0.25, 0.3) is 11.0 Å². The second-order valence-electron chi connectivity index (χ2n) is 6.26. The first kappa shape index (κ1) is 18.2. The average molecular weight is 407 g/mol. The van der Waals surface area contributed by atoms with Crippen molar-refractivity contribution in [1.29, 1.82) is 0 Å². The van der Waals surface area contributed by atoms with E-state index in [0.717, 1.165) is 5.56 Å². The summed E-state index contributed by atoms with van der Waals surface area (Å²) in [4.78, 5) is 7.84. The van der Waals surface area contributed by atoms with Crippen molar-refractivity contribution >= 4 is 38.6 Å². The van der Waals surface area contributed by atoms with E-state index >= 15 is 0 Å². The topological polar surface area (TPSA) is 87.3 Å². The molecular formula is C18H19ClN4O3S. The number of imidazole rings is 1. The number of rotatable bonds is 5. The first-order chi connectivity index (χ1) is 13.0. The molecule has 0 saturated carbocycles. The van der Waals surface area contributed by atoms with Crippen LogP contribution < -0.4 is 5.32 Å². The zero-order valence-electron chi connectivity index (χ0n) is 14.5. The van der Waals surface area contributed by atoms with Crippen molar-refractivity contribution in [2.24, 2.45) is 0 Å². The van der Waals surface area contributed by atoms with Crippen molar-refractivity contribution in [3.8, 4) is 0 Å². The summed E-state index contributed by atoms with van der Waals surface area (Å²) in [5, 5.41) is 3.88. The second-order valence-corrected chi connectivity index (χ2v) is 8.64. The molecular weight excluding hydrogens is 388 g/mol.